The summed E-state index contributed by atoms with van der Waals surface area (Å²) in [6, 6.07) is 0. The van der Waals surface area contributed by atoms with Crippen molar-refractivity contribution in [3.05, 3.63) is 24.1 Å². The molecule has 0 fully saturated rings. The molecule has 9 heavy (non-hydrogen) atoms. The van der Waals surface area contributed by atoms with Crippen molar-refractivity contribution in [3.8, 4) is 0 Å². The average Bonchev–Trinajstić information content (AvgIpc) is 1.89. The van der Waals surface area contributed by atoms with Crippen LogP contribution in [-0.2, 0) is 7.05 Å². The van der Waals surface area contributed by atoms with Crippen LogP contribution in [0, 0.1) is 0 Å². The second-order valence-electron chi connectivity index (χ2n) is 1.67. The Bertz CT molecular complexity index is 249. The van der Waals surface area contributed by atoms with Gasteiger partial charge in [0.15, 0.2) is 5.49 Å². The topological polar surface area (TPSA) is 56.2 Å². The van der Waals surface area contributed by atoms with Crippen LogP contribution in [0.5, 0.6) is 0 Å². The van der Waals surface area contributed by atoms with Crippen LogP contribution >= 0.6 is 0 Å². The van der Waals surface area contributed by atoms with Crippen LogP contribution in [0.25, 0.3) is 0 Å². The van der Waals surface area contributed by atoms with Gasteiger partial charge < -0.3 is 10.4 Å². The van der Waals surface area contributed by atoms with Crippen LogP contribution in [0.4, 0.5) is 0 Å². The van der Waals surface area contributed by atoms with E-state index in [1.165, 1.54) is 0 Å². The summed E-state index contributed by atoms with van der Waals surface area (Å²) in [6.45, 7) is 0. The maximum Gasteiger partial charge on any atom is 0.170 e. The molecule has 0 bridgehead atoms. The Morgan fingerprint density at radius 1 is 1.78 bits per heavy atom. The SMILES string of the molecule is Cn1ccnc/c1=N/N. The molecule has 1 rings (SSSR count). The molecule has 0 aliphatic carbocycles. The monoisotopic (exact) mass is 124 g/mol. The molecule has 0 amide bonds. The molecule has 4 heteroatoms. The van der Waals surface area contributed by atoms with Crippen LogP contribution in [0.15, 0.2) is 23.7 Å². The quantitative estimate of drug-likeness (QED) is 0.363. The first kappa shape index (κ1) is 5.81. The van der Waals surface area contributed by atoms with Crippen molar-refractivity contribution in [1.82, 2.24) is 9.55 Å². The van der Waals surface area contributed by atoms with Crippen molar-refractivity contribution >= 4 is 0 Å². The molecular formula is C5H8N4. The van der Waals surface area contributed by atoms with E-state index in [1.54, 1.807) is 23.2 Å². The van der Waals surface area contributed by atoms with Gasteiger partial charge in [0.05, 0.1) is 6.20 Å². The predicted octanol–water partition coefficient (Wildman–Crippen LogP) is -0.806. The van der Waals surface area contributed by atoms with Gasteiger partial charge in [-0.2, -0.15) is 5.10 Å². The first-order chi connectivity index (χ1) is 4.34. The molecular weight excluding hydrogens is 116 g/mol. The van der Waals surface area contributed by atoms with Crippen LogP contribution in [0.1, 0.15) is 0 Å². The highest BCUT2D eigenvalue weighted by Gasteiger charge is 1.80. The van der Waals surface area contributed by atoms with Gasteiger partial charge in [-0.25, -0.2) is 0 Å². The van der Waals surface area contributed by atoms with E-state index in [-0.39, 0.29) is 0 Å². The van der Waals surface area contributed by atoms with Gasteiger partial charge in [0.1, 0.15) is 0 Å². The molecule has 0 radical (unpaired) electrons. The van der Waals surface area contributed by atoms with E-state index >= 15 is 0 Å². The molecule has 1 heterocycles. The summed E-state index contributed by atoms with van der Waals surface area (Å²) in [7, 11) is 1.85. The molecule has 4 nitrogen and oxygen atoms in total. The minimum Gasteiger partial charge on any atom is -0.332 e. The van der Waals surface area contributed by atoms with Gasteiger partial charge in [-0.1, -0.05) is 0 Å². The predicted molar refractivity (Wildman–Crippen MR) is 33.0 cm³/mol. The Labute approximate surface area is 52.7 Å². The molecule has 0 aliphatic heterocycles. The van der Waals surface area contributed by atoms with Crippen molar-refractivity contribution in [2.75, 3.05) is 0 Å². The zero-order chi connectivity index (χ0) is 6.69. The molecule has 0 saturated carbocycles. The zero-order valence-electron chi connectivity index (χ0n) is 5.15. The minimum absolute atomic E-state index is 0.664. The van der Waals surface area contributed by atoms with Crippen molar-refractivity contribution in [1.29, 1.82) is 0 Å². The van der Waals surface area contributed by atoms with E-state index in [0.29, 0.717) is 5.49 Å². The zero-order valence-corrected chi connectivity index (χ0v) is 5.15. The first-order valence-electron chi connectivity index (χ1n) is 2.55. The molecule has 0 aliphatic rings. The lowest BCUT2D eigenvalue weighted by Crippen LogP contribution is -2.18. The van der Waals surface area contributed by atoms with Crippen molar-refractivity contribution in [3.63, 3.8) is 0 Å². The van der Waals surface area contributed by atoms with E-state index in [0.717, 1.165) is 0 Å². The Morgan fingerprint density at radius 3 is 3.00 bits per heavy atom. The molecule has 0 atom stereocenters. The normalized spacial score (nSPS) is 11.9. The summed E-state index contributed by atoms with van der Waals surface area (Å²) in [5.74, 6) is 5.01. The van der Waals surface area contributed by atoms with E-state index in [9.17, 15) is 0 Å². The summed E-state index contributed by atoms with van der Waals surface area (Å²) in [6.07, 6.45) is 5.06. The Hall–Kier alpha value is -1.32. The van der Waals surface area contributed by atoms with Gasteiger partial charge >= 0.3 is 0 Å². The summed E-state index contributed by atoms with van der Waals surface area (Å²) < 4.78 is 1.78. The summed E-state index contributed by atoms with van der Waals surface area (Å²) in [5, 5.41) is 3.47. The number of aryl methyl sites for hydroxylation is 1. The number of nitrogens with zero attached hydrogens (tertiary/aromatic N) is 3. The number of aromatic nitrogens is 2. The highest BCUT2D eigenvalue weighted by atomic mass is 15.2. The van der Waals surface area contributed by atoms with Crippen LogP contribution in [0.2, 0.25) is 0 Å². The fourth-order valence-corrected chi connectivity index (χ4v) is 0.540. The van der Waals surface area contributed by atoms with Gasteiger partial charge in [0.25, 0.3) is 0 Å². The second kappa shape index (κ2) is 2.30. The summed E-state index contributed by atoms with van der Waals surface area (Å²) >= 11 is 0. The van der Waals surface area contributed by atoms with Crippen molar-refractivity contribution in [2.24, 2.45) is 18.0 Å². The van der Waals surface area contributed by atoms with E-state index < -0.39 is 0 Å². The lowest BCUT2D eigenvalue weighted by atomic mass is 10.7. The summed E-state index contributed by atoms with van der Waals surface area (Å²) in [5.41, 5.74) is 0.664. The fourth-order valence-electron chi connectivity index (χ4n) is 0.540. The average molecular weight is 124 g/mol. The maximum atomic E-state index is 5.01. The highest BCUT2D eigenvalue weighted by molar-refractivity contribution is 4.76. The largest absolute Gasteiger partial charge is 0.332 e. The third-order valence-corrected chi connectivity index (χ3v) is 1.06. The van der Waals surface area contributed by atoms with Crippen LogP contribution in [-0.4, -0.2) is 9.55 Å². The smallest absolute Gasteiger partial charge is 0.170 e. The number of nitrogens with two attached hydrogens (primary N) is 1. The Balaban J connectivity index is 3.33. The van der Waals surface area contributed by atoms with Gasteiger partial charge in [0, 0.05) is 19.4 Å². The van der Waals surface area contributed by atoms with Crippen LogP contribution < -0.4 is 11.3 Å². The van der Waals surface area contributed by atoms with Gasteiger partial charge in [-0.05, 0) is 0 Å². The molecule has 1 aromatic rings. The molecule has 0 spiro atoms. The lowest BCUT2D eigenvalue weighted by molar-refractivity contribution is 0.798. The molecule has 1 aromatic heterocycles. The van der Waals surface area contributed by atoms with Gasteiger partial charge in [-0.15, -0.1) is 0 Å². The van der Waals surface area contributed by atoms with Crippen molar-refractivity contribution in [2.45, 2.75) is 0 Å². The lowest BCUT2D eigenvalue weighted by Gasteiger charge is -1.93. The highest BCUT2D eigenvalue weighted by Crippen LogP contribution is 1.67. The number of hydrogen-bond donors (Lipinski definition) is 1. The molecule has 48 valence electrons. The van der Waals surface area contributed by atoms with E-state index in [1.807, 2.05) is 7.05 Å². The number of hydrogen-bond acceptors (Lipinski definition) is 3. The Morgan fingerprint density at radius 2 is 2.56 bits per heavy atom. The van der Waals surface area contributed by atoms with E-state index in [4.69, 9.17) is 5.84 Å². The standard InChI is InChI=1S/C5H8N4/c1-9-3-2-7-4-5(9)8-6/h2-4H,6H2,1H3/b8-5-. The Kier molecular flexibility index (Phi) is 1.48. The fraction of sp³-hybridized carbons (Fsp3) is 0.200. The van der Waals surface area contributed by atoms with Gasteiger partial charge in [0.2, 0.25) is 0 Å². The van der Waals surface area contributed by atoms with Crippen molar-refractivity contribution < 1.29 is 0 Å². The van der Waals surface area contributed by atoms with Gasteiger partial charge in [-0.3, -0.25) is 4.98 Å². The van der Waals surface area contributed by atoms with Crippen LogP contribution in [0.3, 0.4) is 0 Å². The first-order valence-corrected chi connectivity index (χ1v) is 2.55. The molecule has 0 unspecified atom stereocenters. The van der Waals surface area contributed by atoms with E-state index in [2.05, 4.69) is 10.1 Å². The molecule has 0 aromatic carbocycles. The number of rotatable bonds is 0. The molecule has 2 N–H and O–H groups in total. The summed E-state index contributed by atoms with van der Waals surface area (Å²) in [4.78, 5) is 3.82. The third kappa shape index (κ3) is 1.07. The maximum absolute atomic E-state index is 5.01. The molecule has 0 saturated heterocycles. The third-order valence-electron chi connectivity index (χ3n) is 1.06. The minimum atomic E-state index is 0.664. The second-order valence-corrected chi connectivity index (χ2v) is 1.67.